The molecule has 3 N–H and O–H groups in total. The Morgan fingerprint density at radius 2 is 2.24 bits per heavy atom. The molecular formula is C13H20N2O5S. The number of hydrogen-bond donors (Lipinski definition) is 2. The number of rotatable bonds is 7. The maximum absolute atomic E-state index is 12.3. The summed E-state index contributed by atoms with van der Waals surface area (Å²) in [5.41, 5.74) is 5.89. The van der Waals surface area contributed by atoms with Gasteiger partial charge in [0.1, 0.15) is 10.7 Å². The zero-order valence-corrected chi connectivity index (χ0v) is 12.9. The number of sulfonamides is 1. The highest BCUT2D eigenvalue weighted by Crippen LogP contribution is 2.31. The van der Waals surface area contributed by atoms with Crippen LogP contribution in [0.5, 0.6) is 0 Å². The fourth-order valence-electron chi connectivity index (χ4n) is 2.06. The first-order chi connectivity index (χ1) is 9.89. The third-order valence-corrected chi connectivity index (χ3v) is 4.98. The Hall–Kier alpha value is -1.38. The van der Waals surface area contributed by atoms with Crippen LogP contribution in [0.25, 0.3) is 0 Å². The molecule has 1 saturated carbocycles. The number of hydrogen-bond acceptors (Lipinski definition) is 6. The van der Waals surface area contributed by atoms with Gasteiger partial charge in [0, 0.05) is 25.1 Å². The van der Waals surface area contributed by atoms with E-state index in [9.17, 15) is 13.2 Å². The maximum Gasteiger partial charge on any atom is 0.373 e. The number of ether oxygens (including phenoxy) is 1. The van der Waals surface area contributed by atoms with Crippen LogP contribution in [0.4, 0.5) is 0 Å². The maximum atomic E-state index is 12.3. The summed E-state index contributed by atoms with van der Waals surface area (Å²) in [4.78, 5) is 11.4. The average Bonchev–Trinajstić information content (AvgIpc) is 3.22. The van der Waals surface area contributed by atoms with E-state index in [2.05, 4.69) is 9.46 Å². The zero-order chi connectivity index (χ0) is 15.6. The van der Waals surface area contributed by atoms with E-state index >= 15 is 0 Å². The molecule has 0 saturated heterocycles. The largest absolute Gasteiger partial charge is 0.463 e. The van der Waals surface area contributed by atoms with Crippen LogP contribution in [0.2, 0.25) is 0 Å². The van der Waals surface area contributed by atoms with Crippen LogP contribution >= 0.6 is 0 Å². The molecule has 0 aliphatic heterocycles. The summed E-state index contributed by atoms with van der Waals surface area (Å²) in [6.45, 7) is 1.92. The molecule has 8 heteroatoms. The van der Waals surface area contributed by atoms with Gasteiger partial charge in [0.05, 0.1) is 7.11 Å². The molecular weight excluding hydrogens is 296 g/mol. The first-order valence-corrected chi connectivity index (χ1v) is 8.33. The van der Waals surface area contributed by atoms with Gasteiger partial charge in [0.2, 0.25) is 15.8 Å². The molecule has 0 amide bonds. The molecule has 2 rings (SSSR count). The molecule has 0 spiro atoms. The Morgan fingerprint density at radius 1 is 1.57 bits per heavy atom. The molecule has 118 valence electrons. The Labute approximate surface area is 123 Å². The zero-order valence-electron chi connectivity index (χ0n) is 12.1. The van der Waals surface area contributed by atoms with Crippen LogP contribution in [0.3, 0.4) is 0 Å². The fraction of sp³-hybridized carbons (Fsp3) is 0.615. The van der Waals surface area contributed by atoms with Crippen molar-refractivity contribution in [1.82, 2.24) is 4.72 Å². The van der Waals surface area contributed by atoms with Gasteiger partial charge in [-0.05, 0) is 18.8 Å². The lowest BCUT2D eigenvalue weighted by atomic mass is 10.2. The van der Waals surface area contributed by atoms with Crippen molar-refractivity contribution in [2.24, 2.45) is 11.7 Å². The summed E-state index contributed by atoms with van der Waals surface area (Å²) in [6.07, 6.45) is 2.44. The number of nitrogens with one attached hydrogen (secondary N) is 1. The number of esters is 1. The summed E-state index contributed by atoms with van der Waals surface area (Å²) in [5.74, 6) is -0.210. The lowest BCUT2D eigenvalue weighted by Crippen LogP contribution is -2.38. The van der Waals surface area contributed by atoms with Crippen molar-refractivity contribution in [3.05, 3.63) is 17.6 Å². The van der Waals surface area contributed by atoms with Crippen LogP contribution in [0.1, 0.15) is 36.1 Å². The van der Waals surface area contributed by atoms with E-state index in [4.69, 9.17) is 10.2 Å². The lowest BCUT2D eigenvalue weighted by Gasteiger charge is -2.11. The molecule has 1 heterocycles. The third-order valence-electron chi connectivity index (χ3n) is 3.50. The SMILES string of the molecule is CCc1oc(C(=O)OC)cc1S(=O)(=O)NCC(N)C1CC1. The van der Waals surface area contributed by atoms with Gasteiger partial charge in [-0.3, -0.25) is 0 Å². The molecule has 1 fully saturated rings. The van der Waals surface area contributed by atoms with Gasteiger partial charge >= 0.3 is 5.97 Å². The molecule has 1 atom stereocenters. The second-order valence-corrected chi connectivity index (χ2v) is 6.83. The van der Waals surface area contributed by atoms with Crippen LogP contribution < -0.4 is 10.5 Å². The minimum atomic E-state index is -3.76. The topological polar surface area (TPSA) is 112 Å². The smallest absolute Gasteiger partial charge is 0.373 e. The van der Waals surface area contributed by atoms with E-state index in [1.165, 1.54) is 13.2 Å². The van der Waals surface area contributed by atoms with Gasteiger partial charge in [0.25, 0.3) is 0 Å². The van der Waals surface area contributed by atoms with Crippen molar-refractivity contribution in [3.8, 4) is 0 Å². The Balaban J connectivity index is 2.17. The molecule has 0 aromatic carbocycles. The van der Waals surface area contributed by atoms with Gasteiger partial charge in [0.15, 0.2) is 0 Å². The van der Waals surface area contributed by atoms with Gasteiger partial charge in [-0.25, -0.2) is 17.9 Å². The van der Waals surface area contributed by atoms with Crippen LogP contribution in [0.15, 0.2) is 15.4 Å². The van der Waals surface area contributed by atoms with Gasteiger partial charge < -0.3 is 14.9 Å². The van der Waals surface area contributed by atoms with E-state index in [0.717, 1.165) is 12.8 Å². The van der Waals surface area contributed by atoms with Crippen molar-refractivity contribution < 1.29 is 22.4 Å². The standard InChI is InChI=1S/C13H20N2O5S/c1-3-10-12(6-11(20-10)13(16)19-2)21(17,18)15-7-9(14)8-4-5-8/h6,8-9,15H,3-5,7,14H2,1-2H3. The molecule has 1 aliphatic carbocycles. The molecule has 0 bridgehead atoms. The highest BCUT2D eigenvalue weighted by molar-refractivity contribution is 7.89. The summed E-state index contributed by atoms with van der Waals surface area (Å²) in [5, 5.41) is 0. The van der Waals surface area contributed by atoms with Crippen molar-refractivity contribution in [3.63, 3.8) is 0 Å². The summed E-state index contributed by atoms with van der Waals surface area (Å²) in [6, 6.07) is 1.01. The number of carbonyl (C=O) groups is 1. The Kier molecular flexibility index (Phi) is 4.70. The number of nitrogens with two attached hydrogens (primary N) is 1. The van der Waals surface area contributed by atoms with Crippen molar-refractivity contribution in [1.29, 1.82) is 0 Å². The van der Waals surface area contributed by atoms with Gasteiger partial charge in [-0.15, -0.1) is 0 Å². The lowest BCUT2D eigenvalue weighted by molar-refractivity contribution is 0.0563. The van der Waals surface area contributed by atoms with E-state index in [0.29, 0.717) is 12.3 Å². The molecule has 1 aliphatic rings. The Bertz CT molecular complexity index is 619. The Morgan fingerprint density at radius 3 is 2.76 bits per heavy atom. The quantitative estimate of drug-likeness (QED) is 0.714. The summed E-state index contributed by atoms with van der Waals surface area (Å²) < 4.78 is 36.9. The normalized spacial score (nSPS) is 16.7. The van der Waals surface area contributed by atoms with E-state index in [1.807, 2.05) is 0 Å². The molecule has 0 radical (unpaired) electrons. The van der Waals surface area contributed by atoms with Crippen LogP contribution in [0, 0.1) is 5.92 Å². The van der Waals surface area contributed by atoms with Crippen molar-refractivity contribution >= 4 is 16.0 Å². The monoisotopic (exact) mass is 316 g/mol. The second kappa shape index (κ2) is 6.17. The van der Waals surface area contributed by atoms with E-state index < -0.39 is 16.0 Å². The minimum absolute atomic E-state index is 0.0339. The van der Waals surface area contributed by atoms with E-state index in [1.54, 1.807) is 6.92 Å². The number of aryl methyl sites for hydroxylation is 1. The fourth-order valence-corrected chi connectivity index (χ4v) is 3.38. The molecule has 1 aromatic heterocycles. The minimum Gasteiger partial charge on any atom is -0.463 e. The molecule has 21 heavy (non-hydrogen) atoms. The average molecular weight is 316 g/mol. The first kappa shape index (κ1) is 16.0. The highest BCUT2D eigenvalue weighted by atomic mass is 32.2. The van der Waals surface area contributed by atoms with Crippen LogP contribution in [-0.2, 0) is 21.2 Å². The van der Waals surface area contributed by atoms with Gasteiger partial charge in [-0.1, -0.05) is 6.92 Å². The second-order valence-electron chi connectivity index (χ2n) is 5.10. The van der Waals surface area contributed by atoms with Crippen LogP contribution in [-0.4, -0.2) is 34.1 Å². The predicted molar refractivity (Wildman–Crippen MR) is 75.3 cm³/mol. The number of furan rings is 1. The predicted octanol–water partition coefficient (Wildman–Crippen LogP) is 0.644. The molecule has 1 unspecified atom stereocenters. The van der Waals surface area contributed by atoms with Crippen molar-refractivity contribution in [2.75, 3.05) is 13.7 Å². The van der Waals surface area contributed by atoms with Crippen molar-refractivity contribution in [2.45, 2.75) is 37.1 Å². The molecule has 1 aromatic rings. The number of carbonyl (C=O) groups excluding carboxylic acids is 1. The van der Waals surface area contributed by atoms with Gasteiger partial charge in [-0.2, -0.15) is 0 Å². The first-order valence-electron chi connectivity index (χ1n) is 6.85. The highest BCUT2D eigenvalue weighted by Gasteiger charge is 2.31. The summed E-state index contributed by atoms with van der Waals surface area (Å²) >= 11 is 0. The third kappa shape index (κ3) is 3.63. The van der Waals surface area contributed by atoms with E-state index in [-0.39, 0.29) is 29.0 Å². The number of methoxy groups -OCH3 is 1. The molecule has 7 nitrogen and oxygen atoms in total. The summed E-state index contributed by atoms with van der Waals surface area (Å²) in [7, 11) is -2.55.